The molecule has 0 radical (unpaired) electrons. The number of carbonyl (C=O) groups is 1. The molecule has 1 aromatic carbocycles. The standard InChI is InChI=1S/C16H18FN5O/c1-22-10-11(9-19-22)2-5-16(23)18-7-6-15-20-13-4-3-12(17)8-14(13)21-15/h3-4,8-10H,2,5-7H2,1H3,(H,18,23)(H,20,21). The summed E-state index contributed by atoms with van der Waals surface area (Å²) in [6, 6.07) is 4.43. The van der Waals surface area contributed by atoms with Crippen molar-refractivity contribution in [2.75, 3.05) is 6.54 Å². The molecule has 2 aromatic heterocycles. The number of nitrogens with zero attached hydrogens (tertiary/aromatic N) is 3. The van der Waals surface area contributed by atoms with Crippen LogP contribution in [0.2, 0.25) is 0 Å². The molecule has 0 atom stereocenters. The van der Waals surface area contributed by atoms with Crippen LogP contribution in [0, 0.1) is 5.82 Å². The lowest BCUT2D eigenvalue weighted by molar-refractivity contribution is -0.121. The average Bonchev–Trinajstić information content (AvgIpc) is 3.10. The highest BCUT2D eigenvalue weighted by molar-refractivity contribution is 5.76. The zero-order valence-electron chi connectivity index (χ0n) is 12.8. The van der Waals surface area contributed by atoms with Gasteiger partial charge >= 0.3 is 0 Å². The van der Waals surface area contributed by atoms with Crippen LogP contribution in [0.25, 0.3) is 11.0 Å². The molecule has 0 spiro atoms. The molecule has 0 aliphatic rings. The highest BCUT2D eigenvalue weighted by Gasteiger charge is 2.06. The molecule has 0 unspecified atom stereocenters. The van der Waals surface area contributed by atoms with Crippen LogP contribution in [0.4, 0.5) is 4.39 Å². The van der Waals surface area contributed by atoms with Crippen molar-refractivity contribution in [2.24, 2.45) is 7.05 Å². The first-order chi connectivity index (χ1) is 11.1. The summed E-state index contributed by atoms with van der Waals surface area (Å²) in [5.74, 6) is 0.436. The van der Waals surface area contributed by atoms with Crippen LogP contribution in [0.15, 0.2) is 30.6 Å². The van der Waals surface area contributed by atoms with E-state index in [0.717, 1.165) is 16.9 Å². The molecular weight excluding hydrogens is 297 g/mol. The summed E-state index contributed by atoms with van der Waals surface area (Å²) in [6.07, 6.45) is 5.34. The van der Waals surface area contributed by atoms with Gasteiger partial charge < -0.3 is 10.3 Å². The van der Waals surface area contributed by atoms with Crippen LogP contribution in [-0.2, 0) is 24.7 Å². The van der Waals surface area contributed by atoms with Crippen LogP contribution in [0.1, 0.15) is 17.8 Å². The fraction of sp³-hybridized carbons (Fsp3) is 0.312. The zero-order valence-corrected chi connectivity index (χ0v) is 12.8. The smallest absolute Gasteiger partial charge is 0.220 e. The van der Waals surface area contributed by atoms with Gasteiger partial charge in [-0.05, 0) is 30.2 Å². The molecule has 7 heteroatoms. The van der Waals surface area contributed by atoms with Gasteiger partial charge in [-0.3, -0.25) is 9.48 Å². The van der Waals surface area contributed by atoms with Gasteiger partial charge in [0.05, 0.1) is 17.2 Å². The number of nitrogens with one attached hydrogen (secondary N) is 2. The van der Waals surface area contributed by atoms with Crippen molar-refractivity contribution in [1.82, 2.24) is 25.1 Å². The van der Waals surface area contributed by atoms with E-state index in [1.54, 1.807) is 16.9 Å². The van der Waals surface area contributed by atoms with E-state index in [0.29, 0.717) is 31.3 Å². The molecule has 0 aliphatic carbocycles. The summed E-state index contributed by atoms with van der Waals surface area (Å²) in [5.41, 5.74) is 2.44. The molecule has 2 N–H and O–H groups in total. The average molecular weight is 315 g/mol. The number of aromatic amines is 1. The summed E-state index contributed by atoms with van der Waals surface area (Å²) < 4.78 is 14.8. The van der Waals surface area contributed by atoms with Gasteiger partial charge in [0.15, 0.2) is 0 Å². The molecule has 2 heterocycles. The van der Waals surface area contributed by atoms with Crippen molar-refractivity contribution in [3.63, 3.8) is 0 Å². The van der Waals surface area contributed by atoms with E-state index in [1.807, 2.05) is 13.2 Å². The number of carbonyl (C=O) groups excluding carboxylic acids is 1. The van der Waals surface area contributed by atoms with Crippen LogP contribution in [0.3, 0.4) is 0 Å². The summed E-state index contributed by atoms with van der Waals surface area (Å²) in [5, 5.41) is 6.93. The number of rotatable bonds is 6. The van der Waals surface area contributed by atoms with E-state index in [2.05, 4.69) is 20.4 Å². The number of fused-ring (bicyclic) bond motifs is 1. The number of aromatic nitrogens is 4. The summed E-state index contributed by atoms with van der Waals surface area (Å²) in [6.45, 7) is 0.494. The summed E-state index contributed by atoms with van der Waals surface area (Å²) in [4.78, 5) is 19.2. The largest absolute Gasteiger partial charge is 0.356 e. The third-order valence-corrected chi connectivity index (χ3v) is 3.58. The maximum atomic E-state index is 13.1. The quantitative estimate of drug-likeness (QED) is 0.727. The lowest BCUT2D eigenvalue weighted by Crippen LogP contribution is -2.26. The molecule has 0 bridgehead atoms. The lowest BCUT2D eigenvalue weighted by atomic mass is 10.2. The monoisotopic (exact) mass is 315 g/mol. The van der Waals surface area contributed by atoms with E-state index in [9.17, 15) is 9.18 Å². The Kier molecular flexibility index (Phi) is 4.36. The van der Waals surface area contributed by atoms with Gasteiger partial charge in [0.2, 0.25) is 5.91 Å². The van der Waals surface area contributed by atoms with Crippen molar-refractivity contribution < 1.29 is 9.18 Å². The first-order valence-electron chi connectivity index (χ1n) is 7.48. The maximum absolute atomic E-state index is 13.1. The molecule has 0 saturated carbocycles. The van der Waals surface area contributed by atoms with Gasteiger partial charge in [0.25, 0.3) is 0 Å². The van der Waals surface area contributed by atoms with Gasteiger partial charge in [-0.2, -0.15) is 5.10 Å². The van der Waals surface area contributed by atoms with Gasteiger partial charge in [-0.25, -0.2) is 9.37 Å². The summed E-state index contributed by atoms with van der Waals surface area (Å²) >= 11 is 0. The molecule has 3 aromatic rings. The first kappa shape index (κ1) is 15.2. The number of H-pyrrole nitrogens is 1. The van der Waals surface area contributed by atoms with Crippen LogP contribution < -0.4 is 5.32 Å². The molecule has 23 heavy (non-hydrogen) atoms. The topological polar surface area (TPSA) is 75.6 Å². The van der Waals surface area contributed by atoms with E-state index >= 15 is 0 Å². The van der Waals surface area contributed by atoms with Gasteiger partial charge in [-0.1, -0.05) is 0 Å². The van der Waals surface area contributed by atoms with Crippen molar-refractivity contribution in [2.45, 2.75) is 19.3 Å². The Morgan fingerprint density at radius 2 is 2.26 bits per heavy atom. The van der Waals surface area contributed by atoms with Crippen LogP contribution in [-0.4, -0.2) is 32.2 Å². The van der Waals surface area contributed by atoms with Gasteiger partial charge in [0, 0.05) is 32.6 Å². The number of hydrogen-bond acceptors (Lipinski definition) is 3. The molecule has 120 valence electrons. The normalized spacial score (nSPS) is 11.0. The maximum Gasteiger partial charge on any atom is 0.220 e. The van der Waals surface area contributed by atoms with Crippen LogP contribution >= 0.6 is 0 Å². The molecule has 0 saturated heterocycles. The highest BCUT2D eigenvalue weighted by atomic mass is 19.1. The lowest BCUT2D eigenvalue weighted by Gasteiger charge is -2.03. The SMILES string of the molecule is Cn1cc(CCC(=O)NCCc2nc3ccc(F)cc3[nH]2)cn1. The minimum absolute atomic E-state index is 0.00370. The fourth-order valence-corrected chi connectivity index (χ4v) is 2.42. The molecule has 3 rings (SSSR count). The predicted molar refractivity (Wildman–Crippen MR) is 84.3 cm³/mol. The highest BCUT2D eigenvalue weighted by Crippen LogP contribution is 2.12. The van der Waals surface area contributed by atoms with Crippen LogP contribution in [0.5, 0.6) is 0 Å². The van der Waals surface area contributed by atoms with E-state index in [1.165, 1.54) is 12.1 Å². The van der Waals surface area contributed by atoms with E-state index < -0.39 is 0 Å². The number of amides is 1. The third-order valence-electron chi connectivity index (χ3n) is 3.58. The van der Waals surface area contributed by atoms with E-state index in [4.69, 9.17) is 0 Å². The number of imidazole rings is 1. The Morgan fingerprint density at radius 3 is 3.04 bits per heavy atom. The Bertz CT molecular complexity index is 823. The number of halogens is 1. The minimum atomic E-state index is -0.295. The zero-order chi connectivity index (χ0) is 16.2. The van der Waals surface area contributed by atoms with Gasteiger partial charge in [-0.15, -0.1) is 0 Å². The Labute approximate surface area is 132 Å². The molecule has 0 fully saturated rings. The number of benzene rings is 1. The first-order valence-corrected chi connectivity index (χ1v) is 7.48. The summed E-state index contributed by atoms with van der Waals surface area (Å²) in [7, 11) is 1.85. The second kappa shape index (κ2) is 6.60. The van der Waals surface area contributed by atoms with Crippen molar-refractivity contribution in [3.05, 3.63) is 47.8 Å². The van der Waals surface area contributed by atoms with Gasteiger partial charge in [0.1, 0.15) is 11.6 Å². The number of hydrogen-bond donors (Lipinski definition) is 2. The Hall–Kier alpha value is -2.70. The second-order valence-electron chi connectivity index (χ2n) is 5.47. The number of aryl methyl sites for hydroxylation is 2. The predicted octanol–water partition coefficient (Wildman–Crippen LogP) is 1.73. The van der Waals surface area contributed by atoms with Crippen molar-refractivity contribution >= 4 is 16.9 Å². The van der Waals surface area contributed by atoms with E-state index in [-0.39, 0.29) is 11.7 Å². The molecule has 6 nitrogen and oxygen atoms in total. The second-order valence-corrected chi connectivity index (χ2v) is 5.47. The van der Waals surface area contributed by atoms with Crippen molar-refractivity contribution in [3.8, 4) is 0 Å². The Balaban J connectivity index is 1.45. The van der Waals surface area contributed by atoms with Crippen molar-refractivity contribution in [1.29, 1.82) is 0 Å². The Morgan fingerprint density at radius 1 is 1.39 bits per heavy atom. The third kappa shape index (κ3) is 3.94. The molecule has 1 amide bonds. The minimum Gasteiger partial charge on any atom is -0.356 e. The fourth-order valence-electron chi connectivity index (χ4n) is 2.42. The molecular formula is C16H18FN5O. The molecule has 0 aliphatic heterocycles.